The molecular weight excluding hydrogens is 255 g/mol. The van der Waals surface area contributed by atoms with Gasteiger partial charge in [0.1, 0.15) is 18.2 Å². The minimum Gasteiger partial charge on any atom is -0.492 e. The van der Waals surface area contributed by atoms with Gasteiger partial charge >= 0.3 is 0 Å². The van der Waals surface area contributed by atoms with Crippen LogP contribution < -0.4 is 10.1 Å². The molecule has 2 nitrogen and oxygen atoms in total. The smallest absolute Gasteiger partial charge is 0.162 e. The lowest BCUT2D eigenvalue weighted by Crippen LogP contribution is -2.11. The third-order valence-corrected chi connectivity index (χ3v) is 2.44. The van der Waals surface area contributed by atoms with Gasteiger partial charge in [-0.25, -0.2) is 13.2 Å². The fourth-order valence-corrected chi connectivity index (χ4v) is 1.50. The van der Waals surface area contributed by atoms with E-state index in [1.54, 1.807) is 12.1 Å². The summed E-state index contributed by atoms with van der Waals surface area (Å²) >= 11 is 0. The van der Waals surface area contributed by atoms with E-state index >= 15 is 0 Å². The van der Waals surface area contributed by atoms with Crippen LogP contribution in [-0.2, 0) is 0 Å². The van der Waals surface area contributed by atoms with E-state index in [0.717, 1.165) is 17.8 Å². The molecule has 0 amide bonds. The van der Waals surface area contributed by atoms with Crippen molar-refractivity contribution in [2.24, 2.45) is 0 Å². The van der Waals surface area contributed by atoms with Crippen molar-refractivity contribution in [3.05, 3.63) is 59.9 Å². The lowest BCUT2D eigenvalue weighted by Gasteiger charge is -2.08. The Hall–Kier alpha value is -2.17. The van der Waals surface area contributed by atoms with Crippen LogP contribution in [-0.4, -0.2) is 13.2 Å². The number of nitrogens with one attached hydrogen (secondary N) is 1. The highest BCUT2D eigenvalue weighted by Gasteiger charge is 2.02. The van der Waals surface area contributed by atoms with Crippen molar-refractivity contribution < 1.29 is 17.9 Å². The summed E-state index contributed by atoms with van der Waals surface area (Å²) in [5, 5.41) is 3.01. The van der Waals surface area contributed by atoms with Crippen molar-refractivity contribution >= 4 is 5.69 Å². The average molecular weight is 267 g/mol. The first-order valence-electron chi connectivity index (χ1n) is 5.72. The molecule has 0 aliphatic rings. The third kappa shape index (κ3) is 3.91. The zero-order valence-electron chi connectivity index (χ0n) is 10.00. The molecule has 2 aromatic rings. The lowest BCUT2D eigenvalue weighted by atomic mass is 10.3. The Morgan fingerprint density at radius 2 is 1.63 bits per heavy atom. The molecule has 0 aliphatic heterocycles. The number of halogens is 3. The van der Waals surface area contributed by atoms with Crippen LogP contribution in [0.3, 0.4) is 0 Å². The molecule has 19 heavy (non-hydrogen) atoms. The summed E-state index contributed by atoms with van der Waals surface area (Å²) in [4.78, 5) is 0. The minimum atomic E-state index is -0.941. The Labute approximate surface area is 108 Å². The van der Waals surface area contributed by atoms with Gasteiger partial charge < -0.3 is 10.1 Å². The van der Waals surface area contributed by atoms with E-state index in [0.29, 0.717) is 6.54 Å². The Bertz CT molecular complexity index is 543. The van der Waals surface area contributed by atoms with Crippen molar-refractivity contribution in [2.75, 3.05) is 18.5 Å². The first-order chi connectivity index (χ1) is 9.15. The molecule has 1 N–H and O–H groups in total. The van der Waals surface area contributed by atoms with Crippen LogP contribution >= 0.6 is 0 Å². The monoisotopic (exact) mass is 267 g/mol. The van der Waals surface area contributed by atoms with Gasteiger partial charge in [-0.15, -0.1) is 0 Å². The average Bonchev–Trinajstić information content (AvgIpc) is 2.41. The molecule has 100 valence electrons. The van der Waals surface area contributed by atoms with Crippen molar-refractivity contribution in [1.29, 1.82) is 0 Å². The number of hydrogen-bond acceptors (Lipinski definition) is 2. The second kappa shape index (κ2) is 6.13. The van der Waals surface area contributed by atoms with Gasteiger partial charge in [0.2, 0.25) is 0 Å². The van der Waals surface area contributed by atoms with Crippen LogP contribution in [0.2, 0.25) is 0 Å². The van der Waals surface area contributed by atoms with Crippen molar-refractivity contribution in [3.63, 3.8) is 0 Å². The van der Waals surface area contributed by atoms with Gasteiger partial charge in [0.15, 0.2) is 11.6 Å². The number of benzene rings is 2. The Kier molecular flexibility index (Phi) is 4.28. The maximum absolute atomic E-state index is 12.9. The highest BCUT2D eigenvalue weighted by molar-refractivity contribution is 5.42. The van der Waals surface area contributed by atoms with Crippen LogP contribution in [0.25, 0.3) is 0 Å². The van der Waals surface area contributed by atoms with Crippen LogP contribution in [0, 0.1) is 17.5 Å². The summed E-state index contributed by atoms with van der Waals surface area (Å²) in [7, 11) is 0. The van der Waals surface area contributed by atoms with Gasteiger partial charge in [-0.2, -0.15) is 0 Å². The van der Waals surface area contributed by atoms with E-state index in [2.05, 4.69) is 5.32 Å². The molecule has 2 aromatic carbocycles. The molecule has 0 bridgehead atoms. The number of ether oxygens (including phenoxy) is 1. The highest BCUT2D eigenvalue weighted by Crippen LogP contribution is 2.15. The summed E-state index contributed by atoms with van der Waals surface area (Å²) < 4.78 is 43.4. The SMILES string of the molecule is Fc1ccc(NCCOc2ccc(F)c(F)c2)cc1. The molecule has 0 atom stereocenters. The molecule has 0 fully saturated rings. The molecular formula is C14H12F3NO. The van der Waals surface area contributed by atoms with E-state index in [1.165, 1.54) is 18.2 Å². The van der Waals surface area contributed by atoms with E-state index in [-0.39, 0.29) is 18.2 Å². The summed E-state index contributed by atoms with van der Waals surface area (Å²) in [5.41, 5.74) is 0.760. The topological polar surface area (TPSA) is 21.3 Å². The zero-order chi connectivity index (χ0) is 13.7. The van der Waals surface area contributed by atoms with Gasteiger partial charge in [-0.1, -0.05) is 0 Å². The third-order valence-electron chi connectivity index (χ3n) is 2.44. The zero-order valence-corrected chi connectivity index (χ0v) is 10.00. The lowest BCUT2D eigenvalue weighted by molar-refractivity contribution is 0.329. The molecule has 2 rings (SSSR count). The summed E-state index contributed by atoms with van der Waals surface area (Å²) in [6, 6.07) is 9.26. The standard InChI is InChI=1S/C14H12F3NO/c15-10-1-3-11(4-2-10)18-7-8-19-12-5-6-13(16)14(17)9-12/h1-6,9,18H,7-8H2. The summed E-state index contributed by atoms with van der Waals surface area (Å²) in [6.45, 7) is 0.743. The van der Waals surface area contributed by atoms with Gasteiger partial charge in [-0.05, 0) is 36.4 Å². The molecule has 0 unspecified atom stereocenters. The Balaban J connectivity index is 1.77. The molecule has 0 radical (unpaired) electrons. The maximum atomic E-state index is 12.9. The second-order valence-corrected chi connectivity index (χ2v) is 3.86. The molecule has 0 saturated heterocycles. The number of rotatable bonds is 5. The first-order valence-corrected chi connectivity index (χ1v) is 5.72. The molecule has 0 heterocycles. The summed E-state index contributed by atoms with van der Waals surface area (Å²) in [5.74, 6) is -1.89. The molecule has 0 spiro atoms. The van der Waals surface area contributed by atoms with Crippen LogP contribution in [0.4, 0.5) is 18.9 Å². The molecule has 5 heteroatoms. The van der Waals surface area contributed by atoms with Crippen LogP contribution in [0.5, 0.6) is 5.75 Å². The van der Waals surface area contributed by atoms with Gasteiger partial charge in [0.05, 0.1) is 0 Å². The minimum absolute atomic E-state index is 0.264. The Morgan fingerprint density at radius 1 is 0.895 bits per heavy atom. The van der Waals surface area contributed by atoms with E-state index in [4.69, 9.17) is 4.74 Å². The Morgan fingerprint density at radius 3 is 2.32 bits per heavy atom. The fraction of sp³-hybridized carbons (Fsp3) is 0.143. The van der Waals surface area contributed by atoms with E-state index < -0.39 is 11.6 Å². The van der Waals surface area contributed by atoms with Gasteiger partial charge in [0.25, 0.3) is 0 Å². The van der Waals surface area contributed by atoms with Crippen molar-refractivity contribution in [1.82, 2.24) is 0 Å². The maximum Gasteiger partial charge on any atom is 0.162 e. The largest absolute Gasteiger partial charge is 0.492 e. The van der Waals surface area contributed by atoms with E-state index in [1.807, 2.05) is 0 Å². The van der Waals surface area contributed by atoms with Gasteiger partial charge in [0, 0.05) is 18.3 Å². The normalized spacial score (nSPS) is 10.3. The highest BCUT2D eigenvalue weighted by atomic mass is 19.2. The fourth-order valence-electron chi connectivity index (χ4n) is 1.50. The van der Waals surface area contributed by atoms with Crippen molar-refractivity contribution in [3.8, 4) is 5.75 Å². The first kappa shape index (κ1) is 13.3. The predicted octanol–water partition coefficient (Wildman–Crippen LogP) is 3.59. The molecule has 0 aromatic heterocycles. The number of hydrogen-bond donors (Lipinski definition) is 1. The summed E-state index contributed by atoms with van der Waals surface area (Å²) in [6.07, 6.45) is 0. The number of anilines is 1. The van der Waals surface area contributed by atoms with Crippen LogP contribution in [0.1, 0.15) is 0 Å². The van der Waals surface area contributed by atoms with E-state index in [9.17, 15) is 13.2 Å². The molecule has 0 aliphatic carbocycles. The van der Waals surface area contributed by atoms with Gasteiger partial charge in [-0.3, -0.25) is 0 Å². The van der Waals surface area contributed by atoms with Crippen LogP contribution in [0.15, 0.2) is 42.5 Å². The quantitative estimate of drug-likeness (QED) is 0.836. The van der Waals surface area contributed by atoms with Crippen molar-refractivity contribution in [2.45, 2.75) is 0 Å². The predicted molar refractivity (Wildman–Crippen MR) is 66.7 cm³/mol. The second-order valence-electron chi connectivity index (χ2n) is 3.86. The molecule has 0 saturated carbocycles.